The van der Waals surface area contributed by atoms with Crippen molar-refractivity contribution in [3.05, 3.63) is 10.9 Å². The zero-order valence-electron chi connectivity index (χ0n) is 15.9. The molecule has 0 radical (unpaired) electrons. The van der Waals surface area contributed by atoms with Crippen LogP contribution in [0.5, 0.6) is 0 Å². The summed E-state index contributed by atoms with van der Waals surface area (Å²) in [5.41, 5.74) is 2.90. The Kier molecular flexibility index (Phi) is 5.98. The predicted molar refractivity (Wildman–Crippen MR) is 110 cm³/mol. The van der Waals surface area contributed by atoms with E-state index in [1.165, 1.54) is 11.3 Å². The monoisotopic (exact) mass is 404 g/mol. The summed E-state index contributed by atoms with van der Waals surface area (Å²) in [4.78, 5) is 27.6. The number of anilines is 2. The summed E-state index contributed by atoms with van der Waals surface area (Å²) in [7, 11) is 0. The first-order valence-corrected chi connectivity index (χ1v) is 10.4. The van der Waals surface area contributed by atoms with Gasteiger partial charge in [0.25, 0.3) is 5.91 Å². The van der Waals surface area contributed by atoms with Crippen molar-refractivity contribution in [1.82, 2.24) is 14.9 Å². The van der Waals surface area contributed by atoms with Gasteiger partial charge in [-0.1, -0.05) is 6.92 Å². The molecule has 4 rings (SSSR count). The van der Waals surface area contributed by atoms with E-state index < -0.39 is 0 Å². The lowest BCUT2D eigenvalue weighted by molar-refractivity contribution is 0.0306. The third-order valence-electron chi connectivity index (χ3n) is 4.63. The van der Waals surface area contributed by atoms with Crippen LogP contribution in [0.4, 0.5) is 11.8 Å². The number of nitrogens with zero attached hydrogens (tertiary/aromatic N) is 5. The Morgan fingerprint density at radius 3 is 2.64 bits per heavy atom. The van der Waals surface area contributed by atoms with Crippen molar-refractivity contribution >= 4 is 45.4 Å². The van der Waals surface area contributed by atoms with Crippen LogP contribution in [-0.2, 0) is 9.47 Å². The van der Waals surface area contributed by atoms with Crippen molar-refractivity contribution in [3.63, 3.8) is 0 Å². The molecule has 2 aliphatic heterocycles. The maximum Gasteiger partial charge on any atom is 0.264 e. The zero-order chi connectivity index (χ0) is 19.3. The molecule has 0 saturated carbocycles. The van der Waals surface area contributed by atoms with Crippen LogP contribution >= 0.6 is 11.3 Å². The van der Waals surface area contributed by atoms with Crippen molar-refractivity contribution in [2.24, 2.45) is 5.10 Å². The highest BCUT2D eigenvalue weighted by atomic mass is 32.1. The van der Waals surface area contributed by atoms with Gasteiger partial charge in [0.2, 0.25) is 5.95 Å². The quantitative estimate of drug-likeness (QED) is 0.600. The fraction of sp³-hybridized carbons (Fsp3) is 0.556. The summed E-state index contributed by atoms with van der Waals surface area (Å²) in [5, 5.41) is 5.04. The van der Waals surface area contributed by atoms with Crippen LogP contribution in [-0.4, -0.2) is 79.6 Å². The van der Waals surface area contributed by atoms with E-state index in [1.807, 2.05) is 17.9 Å². The van der Waals surface area contributed by atoms with Gasteiger partial charge in [0, 0.05) is 32.4 Å². The molecule has 0 aliphatic carbocycles. The summed E-state index contributed by atoms with van der Waals surface area (Å²) in [6, 6.07) is 1.92. The number of hydrogen-bond acceptors (Lipinski definition) is 9. The SMILES string of the molecule is CC/C=N/Nc1nc(N2CCOCC2)c2cc(C(=O)N3CCOCC3)sc2n1. The third kappa shape index (κ3) is 4.08. The van der Waals surface area contributed by atoms with Crippen LogP contribution in [0, 0.1) is 0 Å². The molecule has 1 N–H and O–H groups in total. The summed E-state index contributed by atoms with van der Waals surface area (Å²) < 4.78 is 10.8. The lowest BCUT2D eigenvalue weighted by Crippen LogP contribution is -2.40. The normalized spacial score (nSPS) is 18.2. The number of ether oxygens (including phenoxy) is 2. The molecule has 28 heavy (non-hydrogen) atoms. The zero-order valence-corrected chi connectivity index (χ0v) is 16.7. The van der Waals surface area contributed by atoms with Crippen LogP contribution in [0.2, 0.25) is 0 Å². The number of hydrogen-bond donors (Lipinski definition) is 1. The Morgan fingerprint density at radius 1 is 1.21 bits per heavy atom. The van der Waals surface area contributed by atoms with E-state index in [9.17, 15) is 4.79 Å². The fourth-order valence-electron chi connectivity index (χ4n) is 3.19. The minimum atomic E-state index is 0.0257. The molecule has 0 unspecified atom stereocenters. The summed E-state index contributed by atoms with van der Waals surface area (Å²) in [5.74, 6) is 1.28. The van der Waals surface area contributed by atoms with Crippen molar-refractivity contribution in [1.29, 1.82) is 0 Å². The van der Waals surface area contributed by atoms with E-state index >= 15 is 0 Å². The Bertz CT molecular complexity index is 858. The molecule has 0 atom stereocenters. The highest BCUT2D eigenvalue weighted by molar-refractivity contribution is 7.20. The molecule has 1 amide bonds. The lowest BCUT2D eigenvalue weighted by atomic mass is 10.2. The summed E-state index contributed by atoms with van der Waals surface area (Å²) in [6.45, 7) is 7.24. The van der Waals surface area contributed by atoms with Gasteiger partial charge in [-0.05, 0) is 12.5 Å². The van der Waals surface area contributed by atoms with Crippen molar-refractivity contribution < 1.29 is 14.3 Å². The van der Waals surface area contributed by atoms with Crippen LogP contribution in [0.1, 0.15) is 23.0 Å². The fourth-order valence-corrected chi connectivity index (χ4v) is 4.19. The molecular formula is C18H24N6O3S. The van der Waals surface area contributed by atoms with E-state index in [1.54, 1.807) is 6.21 Å². The number of rotatable bonds is 5. The number of thiophene rings is 1. The maximum atomic E-state index is 12.9. The van der Waals surface area contributed by atoms with Gasteiger partial charge in [-0.15, -0.1) is 11.3 Å². The number of carbonyl (C=O) groups is 1. The van der Waals surface area contributed by atoms with Gasteiger partial charge in [0.05, 0.1) is 36.7 Å². The molecule has 0 aromatic carbocycles. The van der Waals surface area contributed by atoms with Crippen LogP contribution in [0.25, 0.3) is 10.2 Å². The number of fused-ring (bicyclic) bond motifs is 1. The summed E-state index contributed by atoms with van der Waals surface area (Å²) >= 11 is 1.40. The largest absolute Gasteiger partial charge is 0.378 e. The highest BCUT2D eigenvalue weighted by Gasteiger charge is 2.24. The standard InChI is InChI=1S/C18H24N6O3S/c1-2-3-19-22-18-20-15(23-4-8-26-9-5-23)13-12-14(28-16(13)21-18)17(25)24-6-10-27-11-7-24/h3,12H,2,4-11H2,1H3,(H,20,21,22)/b19-3+. The molecule has 10 heteroatoms. The molecule has 0 spiro atoms. The number of carbonyl (C=O) groups excluding carboxylic acids is 1. The lowest BCUT2D eigenvalue weighted by Gasteiger charge is -2.28. The molecule has 2 aromatic rings. The Morgan fingerprint density at radius 2 is 1.93 bits per heavy atom. The number of morpholine rings is 2. The van der Waals surface area contributed by atoms with E-state index in [-0.39, 0.29) is 5.91 Å². The van der Waals surface area contributed by atoms with Crippen LogP contribution in [0.3, 0.4) is 0 Å². The predicted octanol–water partition coefficient (Wildman–Crippen LogP) is 1.81. The van der Waals surface area contributed by atoms with Gasteiger partial charge in [-0.2, -0.15) is 10.1 Å². The molecule has 0 bridgehead atoms. The van der Waals surface area contributed by atoms with Gasteiger partial charge < -0.3 is 19.3 Å². The van der Waals surface area contributed by atoms with E-state index in [2.05, 4.69) is 25.4 Å². The van der Waals surface area contributed by atoms with Crippen LogP contribution < -0.4 is 10.3 Å². The first kappa shape index (κ1) is 19.0. The average Bonchev–Trinajstić information content (AvgIpc) is 3.18. The molecule has 150 valence electrons. The summed E-state index contributed by atoms with van der Waals surface area (Å²) in [6.07, 6.45) is 2.59. The Labute approximate surface area is 167 Å². The van der Waals surface area contributed by atoms with Crippen molar-refractivity contribution in [3.8, 4) is 0 Å². The van der Waals surface area contributed by atoms with Crippen molar-refractivity contribution in [2.75, 3.05) is 62.9 Å². The smallest absolute Gasteiger partial charge is 0.264 e. The molecule has 2 fully saturated rings. The molecule has 2 aliphatic rings. The molecular weight excluding hydrogens is 380 g/mol. The minimum absolute atomic E-state index is 0.0257. The average molecular weight is 404 g/mol. The van der Waals surface area contributed by atoms with E-state index in [4.69, 9.17) is 9.47 Å². The number of amides is 1. The first-order valence-electron chi connectivity index (χ1n) is 9.55. The van der Waals surface area contributed by atoms with Gasteiger partial charge in [0.15, 0.2) is 0 Å². The third-order valence-corrected chi connectivity index (χ3v) is 5.65. The number of hydrazone groups is 1. The first-order chi connectivity index (χ1) is 13.8. The minimum Gasteiger partial charge on any atom is -0.378 e. The second-order valence-electron chi connectivity index (χ2n) is 6.54. The topological polar surface area (TPSA) is 92.2 Å². The highest BCUT2D eigenvalue weighted by Crippen LogP contribution is 2.33. The Balaban J connectivity index is 1.69. The molecule has 2 aromatic heterocycles. The second kappa shape index (κ2) is 8.80. The molecule has 4 heterocycles. The van der Waals surface area contributed by atoms with Crippen molar-refractivity contribution in [2.45, 2.75) is 13.3 Å². The number of aromatic nitrogens is 2. The Hall–Kier alpha value is -2.30. The van der Waals surface area contributed by atoms with Gasteiger partial charge >= 0.3 is 0 Å². The van der Waals surface area contributed by atoms with Gasteiger partial charge in [-0.3, -0.25) is 4.79 Å². The van der Waals surface area contributed by atoms with Gasteiger partial charge in [-0.25, -0.2) is 10.4 Å². The van der Waals surface area contributed by atoms with Gasteiger partial charge in [0.1, 0.15) is 10.6 Å². The van der Waals surface area contributed by atoms with E-state index in [0.717, 1.165) is 35.5 Å². The molecule has 9 nitrogen and oxygen atoms in total. The van der Waals surface area contributed by atoms with E-state index in [0.29, 0.717) is 50.3 Å². The van der Waals surface area contributed by atoms with Crippen LogP contribution in [0.15, 0.2) is 11.2 Å². The maximum absolute atomic E-state index is 12.9. The second-order valence-corrected chi connectivity index (χ2v) is 7.57. The number of nitrogens with one attached hydrogen (secondary N) is 1. The molecule has 2 saturated heterocycles.